The van der Waals surface area contributed by atoms with Crippen molar-refractivity contribution in [2.45, 2.75) is 26.1 Å². The second-order valence-corrected chi connectivity index (χ2v) is 5.02. The largest absolute Gasteiger partial charge is 0.389 e. The number of hydrogen-bond donors (Lipinski definition) is 2. The van der Waals surface area contributed by atoms with Gasteiger partial charge in [0.1, 0.15) is 11.8 Å². The molecule has 0 fully saturated rings. The Labute approximate surface area is 109 Å². The Morgan fingerprint density at radius 1 is 1.33 bits per heavy atom. The van der Waals surface area contributed by atoms with Crippen molar-refractivity contribution in [1.82, 2.24) is 4.98 Å². The summed E-state index contributed by atoms with van der Waals surface area (Å²) in [5.41, 5.74) is 0.456. The Bertz CT molecular complexity index is 449. The van der Waals surface area contributed by atoms with Gasteiger partial charge in [0.2, 0.25) is 0 Å². The second-order valence-electron chi connectivity index (χ2n) is 3.82. The maximum atomic E-state index is 11.1. The zero-order valence-corrected chi connectivity index (χ0v) is 11.0. The van der Waals surface area contributed by atoms with Gasteiger partial charge < -0.3 is 10.2 Å². The Morgan fingerprint density at radius 2 is 2.00 bits per heavy atom. The van der Waals surface area contributed by atoms with Gasteiger partial charge in [-0.3, -0.25) is 9.59 Å². The van der Waals surface area contributed by atoms with Crippen LogP contribution in [0, 0.1) is 0 Å². The van der Waals surface area contributed by atoms with Crippen LogP contribution in [-0.2, 0) is 4.79 Å². The highest BCUT2D eigenvalue weighted by Gasteiger charge is 2.21. The van der Waals surface area contributed by atoms with Crippen LogP contribution in [0.25, 0.3) is 0 Å². The first-order valence-electron chi connectivity index (χ1n) is 5.39. The van der Waals surface area contributed by atoms with Crippen molar-refractivity contribution in [2.24, 2.45) is 0 Å². The van der Waals surface area contributed by atoms with E-state index in [-0.39, 0.29) is 28.0 Å². The molecule has 18 heavy (non-hydrogen) atoms. The van der Waals surface area contributed by atoms with E-state index in [1.165, 1.54) is 26.0 Å². The zero-order valence-electron chi connectivity index (χ0n) is 10.2. The minimum absolute atomic E-state index is 0.0858. The standard InChI is InChI=1S/C12H15NO4S/c1-7(14)9-4-3-5-10(13-9)12(17)11(16)6-18-8(2)15/h3-5,11-12,16-17H,6H2,1-2H3. The lowest BCUT2D eigenvalue weighted by Crippen LogP contribution is -2.22. The average molecular weight is 269 g/mol. The first-order valence-corrected chi connectivity index (χ1v) is 6.37. The molecule has 2 N–H and O–H groups in total. The Balaban J connectivity index is 2.76. The summed E-state index contributed by atoms with van der Waals surface area (Å²) in [5, 5.41) is 19.4. The molecule has 98 valence electrons. The Kier molecular flexibility index (Phi) is 5.46. The number of ketones is 1. The predicted molar refractivity (Wildman–Crippen MR) is 68.3 cm³/mol. The molecule has 0 aliphatic carbocycles. The molecule has 6 heteroatoms. The second kappa shape index (κ2) is 6.63. The van der Waals surface area contributed by atoms with Crippen LogP contribution in [0.15, 0.2) is 18.2 Å². The first kappa shape index (κ1) is 14.8. The van der Waals surface area contributed by atoms with Gasteiger partial charge in [-0.2, -0.15) is 0 Å². The monoisotopic (exact) mass is 269 g/mol. The highest BCUT2D eigenvalue weighted by atomic mass is 32.2. The fourth-order valence-corrected chi connectivity index (χ4v) is 1.89. The van der Waals surface area contributed by atoms with Crippen LogP contribution in [0.4, 0.5) is 0 Å². The van der Waals surface area contributed by atoms with E-state index < -0.39 is 12.2 Å². The summed E-state index contributed by atoms with van der Waals surface area (Å²) in [6.45, 7) is 2.76. The topological polar surface area (TPSA) is 87.5 Å². The molecule has 5 nitrogen and oxygen atoms in total. The summed E-state index contributed by atoms with van der Waals surface area (Å²) >= 11 is 0.929. The lowest BCUT2D eigenvalue weighted by atomic mass is 10.1. The minimum Gasteiger partial charge on any atom is -0.389 e. The van der Waals surface area contributed by atoms with Crippen LogP contribution in [0.3, 0.4) is 0 Å². The van der Waals surface area contributed by atoms with E-state index in [4.69, 9.17) is 0 Å². The number of rotatable bonds is 5. The highest BCUT2D eigenvalue weighted by Crippen LogP contribution is 2.18. The summed E-state index contributed by atoms with van der Waals surface area (Å²) in [7, 11) is 0. The van der Waals surface area contributed by atoms with Crippen molar-refractivity contribution in [3.8, 4) is 0 Å². The maximum Gasteiger partial charge on any atom is 0.185 e. The number of pyridine rings is 1. The minimum atomic E-state index is -1.21. The number of aromatic nitrogens is 1. The summed E-state index contributed by atoms with van der Waals surface area (Å²) in [4.78, 5) is 25.9. The van der Waals surface area contributed by atoms with E-state index in [1.54, 1.807) is 6.07 Å². The molecule has 0 amide bonds. The van der Waals surface area contributed by atoms with Gasteiger partial charge in [-0.05, 0) is 12.1 Å². The summed E-state index contributed by atoms with van der Waals surface area (Å²) in [6, 6.07) is 4.65. The molecule has 0 aromatic carbocycles. The molecule has 1 heterocycles. The molecule has 2 unspecified atom stereocenters. The summed E-state index contributed by atoms with van der Waals surface area (Å²) < 4.78 is 0. The number of carbonyl (C=O) groups excluding carboxylic acids is 2. The number of aliphatic hydroxyl groups excluding tert-OH is 2. The van der Waals surface area contributed by atoms with Gasteiger partial charge in [0, 0.05) is 19.6 Å². The Morgan fingerprint density at radius 3 is 2.56 bits per heavy atom. The predicted octanol–water partition coefficient (Wildman–Crippen LogP) is 0.958. The average Bonchev–Trinajstić information content (AvgIpc) is 2.35. The molecule has 0 spiro atoms. The van der Waals surface area contributed by atoms with E-state index in [0.717, 1.165) is 11.8 Å². The van der Waals surface area contributed by atoms with Gasteiger partial charge in [-0.15, -0.1) is 0 Å². The highest BCUT2D eigenvalue weighted by molar-refractivity contribution is 8.13. The number of thioether (sulfide) groups is 1. The van der Waals surface area contributed by atoms with Crippen LogP contribution < -0.4 is 0 Å². The van der Waals surface area contributed by atoms with Crippen molar-refractivity contribution in [3.63, 3.8) is 0 Å². The number of hydrogen-bond acceptors (Lipinski definition) is 6. The van der Waals surface area contributed by atoms with Crippen LogP contribution in [0.5, 0.6) is 0 Å². The van der Waals surface area contributed by atoms with Gasteiger partial charge in [0.15, 0.2) is 10.9 Å². The van der Waals surface area contributed by atoms with E-state index >= 15 is 0 Å². The quantitative estimate of drug-likeness (QED) is 0.774. The van der Waals surface area contributed by atoms with Crippen LogP contribution in [0.2, 0.25) is 0 Å². The third kappa shape index (κ3) is 4.21. The Hall–Kier alpha value is -1.24. The van der Waals surface area contributed by atoms with E-state index in [0.29, 0.717) is 0 Å². The van der Waals surface area contributed by atoms with Crippen molar-refractivity contribution >= 4 is 22.7 Å². The van der Waals surface area contributed by atoms with Crippen molar-refractivity contribution in [3.05, 3.63) is 29.6 Å². The zero-order chi connectivity index (χ0) is 13.7. The van der Waals surface area contributed by atoms with E-state index in [2.05, 4.69) is 4.98 Å². The van der Waals surface area contributed by atoms with Gasteiger partial charge in [-0.25, -0.2) is 4.98 Å². The van der Waals surface area contributed by atoms with Gasteiger partial charge in [0.05, 0.1) is 11.8 Å². The van der Waals surface area contributed by atoms with Gasteiger partial charge >= 0.3 is 0 Å². The molecule has 0 saturated heterocycles. The molecule has 0 saturated carbocycles. The lowest BCUT2D eigenvalue weighted by molar-refractivity contribution is -0.109. The molecule has 2 atom stereocenters. The number of nitrogens with zero attached hydrogens (tertiary/aromatic N) is 1. The number of aliphatic hydroxyl groups is 2. The lowest BCUT2D eigenvalue weighted by Gasteiger charge is -2.16. The van der Waals surface area contributed by atoms with Crippen molar-refractivity contribution in [1.29, 1.82) is 0 Å². The SMILES string of the molecule is CC(=O)SCC(O)C(O)c1cccc(C(C)=O)n1. The van der Waals surface area contributed by atoms with Crippen LogP contribution >= 0.6 is 11.8 Å². The fraction of sp³-hybridized carbons (Fsp3) is 0.417. The summed E-state index contributed by atoms with van der Waals surface area (Å²) in [5.74, 6) is -0.126. The molecule has 0 aliphatic rings. The molecule has 1 rings (SSSR count). The molecular formula is C12H15NO4S. The smallest absolute Gasteiger partial charge is 0.185 e. The molecule has 1 aromatic rings. The third-order valence-electron chi connectivity index (χ3n) is 2.26. The molecule has 0 bridgehead atoms. The van der Waals surface area contributed by atoms with Crippen molar-refractivity contribution in [2.75, 3.05) is 5.75 Å². The van der Waals surface area contributed by atoms with E-state index in [1.807, 2.05) is 0 Å². The maximum absolute atomic E-state index is 11.1. The third-order valence-corrected chi connectivity index (χ3v) is 3.17. The van der Waals surface area contributed by atoms with Crippen LogP contribution in [0.1, 0.15) is 36.1 Å². The van der Waals surface area contributed by atoms with E-state index in [9.17, 15) is 19.8 Å². The normalized spacial score (nSPS) is 14.0. The number of Topliss-reactive ketones (excluding diaryl/α,β-unsaturated/α-hetero) is 1. The van der Waals surface area contributed by atoms with Gasteiger partial charge in [0.25, 0.3) is 0 Å². The molecule has 0 radical (unpaired) electrons. The first-order chi connectivity index (χ1) is 8.41. The molecule has 1 aromatic heterocycles. The molecular weight excluding hydrogens is 254 g/mol. The number of carbonyl (C=O) groups is 2. The van der Waals surface area contributed by atoms with Gasteiger partial charge in [-0.1, -0.05) is 17.8 Å². The fourth-order valence-electron chi connectivity index (χ4n) is 1.30. The van der Waals surface area contributed by atoms with Crippen LogP contribution in [-0.4, -0.2) is 38.0 Å². The molecule has 0 aliphatic heterocycles. The van der Waals surface area contributed by atoms with Crippen molar-refractivity contribution < 1.29 is 19.8 Å². The summed E-state index contributed by atoms with van der Waals surface area (Å²) in [6.07, 6.45) is -2.32.